The lowest BCUT2D eigenvalue weighted by Crippen LogP contribution is -2.13. The van der Waals surface area contributed by atoms with Gasteiger partial charge in [0.15, 0.2) is 0 Å². The molecule has 0 saturated heterocycles. The fraction of sp³-hybridized carbons (Fsp3) is 0.182. The Balaban J connectivity index is 2.37. The molecule has 0 heterocycles. The van der Waals surface area contributed by atoms with Gasteiger partial charge in [-0.25, -0.2) is 13.6 Å². The molecule has 0 spiro atoms. The van der Waals surface area contributed by atoms with E-state index in [1.165, 1.54) is 6.07 Å². The summed E-state index contributed by atoms with van der Waals surface area (Å²) in [5, 5.41) is 2.67. The number of hydrogen-bond acceptors (Lipinski definition) is 3. The number of hydrogen-bond donors (Lipinski definition) is 1. The summed E-state index contributed by atoms with van der Waals surface area (Å²) in [5.74, 6) is -1.86. The van der Waals surface area contributed by atoms with Crippen LogP contribution < -0.4 is 5.32 Å². The molecule has 0 aliphatic heterocycles. The second-order valence-corrected chi connectivity index (χ2v) is 2.92. The van der Waals surface area contributed by atoms with Crippen LogP contribution in [0.5, 0.6) is 0 Å². The predicted molar refractivity (Wildman–Crippen MR) is 56.0 cm³/mol. The smallest absolute Gasteiger partial charge is 0.330 e. The molecule has 1 aromatic carbocycles. The molecule has 0 aliphatic carbocycles. The fourth-order valence-electron chi connectivity index (χ4n) is 1.03. The van der Waals surface area contributed by atoms with Gasteiger partial charge in [-0.2, -0.15) is 0 Å². The van der Waals surface area contributed by atoms with Gasteiger partial charge >= 0.3 is 5.97 Å². The Hall–Kier alpha value is -1.91. The first-order valence-corrected chi connectivity index (χ1v) is 4.61. The molecule has 0 bridgehead atoms. The molecule has 0 radical (unpaired) electrons. The van der Waals surface area contributed by atoms with Crippen molar-refractivity contribution in [2.45, 2.75) is 0 Å². The number of carbonyl (C=O) groups is 1. The molecular weight excluding hydrogens is 216 g/mol. The molecule has 1 N–H and O–H groups in total. The molecule has 0 fully saturated rings. The molecule has 0 aliphatic rings. The van der Waals surface area contributed by atoms with Gasteiger partial charge in [0.05, 0.1) is 5.69 Å². The van der Waals surface area contributed by atoms with E-state index in [2.05, 4.69) is 16.6 Å². The number of ether oxygens (including phenoxy) is 1. The largest absolute Gasteiger partial charge is 0.461 e. The van der Waals surface area contributed by atoms with Crippen molar-refractivity contribution < 1.29 is 18.3 Å². The average molecular weight is 227 g/mol. The highest BCUT2D eigenvalue weighted by Gasteiger charge is 2.02. The Morgan fingerprint density at radius 1 is 1.50 bits per heavy atom. The van der Waals surface area contributed by atoms with Crippen LogP contribution in [0.1, 0.15) is 0 Å². The van der Waals surface area contributed by atoms with E-state index in [0.717, 1.165) is 18.2 Å². The van der Waals surface area contributed by atoms with Gasteiger partial charge in [0.1, 0.15) is 18.2 Å². The van der Waals surface area contributed by atoms with E-state index in [1.54, 1.807) is 0 Å². The average Bonchev–Trinajstić information content (AvgIpc) is 2.26. The molecule has 5 heteroatoms. The van der Waals surface area contributed by atoms with Crippen LogP contribution in [0.25, 0.3) is 0 Å². The highest BCUT2D eigenvalue weighted by molar-refractivity contribution is 5.81. The Morgan fingerprint density at radius 2 is 2.25 bits per heavy atom. The number of carbonyl (C=O) groups excluding carboxylic acids is 1. The zero-order valence-electron chi connectivity index (χ0n) is 8.50. The lowest BCUT2D eigenvalue weighted by atomic mass is 10.3. The number of anilines is 1. The first-order valence-electron chi connectivity index (χ1n) is 4.61. The van der Waals surface area contributed by atoms with E-state index >= 15 is 0 Å². The number of benzene rings is 1. The summed E-state index contributed by atoms with van der Waals surface area (Å²) in [6.07, 6.45) is 1.04. The molecule has 0 saturated carbocycles. The van der Waals surface area contributed by atoms with E-state index in [9.17, 15) is 13.6 Å². The van der Waals surface area contributed by atoms with Gasteiger partial charge in [-0.05, 0) is 12.1 Å². The topological polar surface area (TPSA) is 38.3 Å². The summed E-state index contributed by atoms with van der Waals surface area (Å²) < 4.78 is 30.3. The zero-order chi connectivity index (χ0) is 12.0. The molecule has 0 unspecified atom stereocenters. The van der Waals surface area contributed by atoms with Crippen molar-refractivity contribution in [3.63, 3.8) is 0 Å². The van der Waals surface area contributed by atoms with Gasteiger partial charge < -0.3 is 10.1 Å². The summed E-state index contributed by atoms with van der Waals surface area (Å²) in [6.45, 7) is 3.55. The highest BCUT2D eigenvalue weighted by atomic mass is 19.1. The zero-order valence-corrected chi connectivity index (χ0v) is 8.50. The van der Waals surface area contributed by atoms with E-state index in [-0.39, 0.29) is 18.8 Å². The third kappa shape index (κ3) is 3.68. The second-order valence-electron chi connectivity index (χ2n) is 2.92. The molecule has 86 valence electrons. The summed E-state index contributed by atoms with van der Waals surface area (Å²) >= 11 is 0. The third-order valence-corrected chi connectivity index (χ3v) is 1.76. The Bertz CT molecular complexity index is 394. The van der Waals surface area contributed by atoms with Crippen molar-refractivity contribution >= 4 is 11.7 Å². The Kier molecular flexibility index (Phi) is 4.44. The molecule has 0 amide bonds. The van der Waals surface area contributed by atoms with Crippen LogP contribution in [0.2, 0.25) is 0 Å². The molecule has 0 aromatic heterocycles. The highest BCUT2D eigenvalue weighted by Crippen LogP contribution is 2.14. The van der Waals surface area contributed by atoms with Gasteiger partial charge in [0, 0.05) is 18.7 Å². The van der Waals surface area contributed by atoms with Crippen LogP contribution in [-0.4, -0.2) is 19.1 Å². The summed E-state index contributed by atoms with van der Waals surface area (Å²) in [4.78, 5) is 10.6. The van der Waals surface area contributed by atoms with E-state index in [1.807, 2.05) is 0 Å². The van der Waals surface area contributed by atoms with E-state index in [0.29, 0.717) is 0 Å². The Morgan fingerprint density at radius 3 is 2.88 bits per heavy atom. The van der Waals surface area contributed by atoms with Crippen molar-refractivity contribution in [2.24, 2.45) is 0 Å². The second kappa shape index (κ2) is 5.85. The number of esters is 1. The van der Waals surface area contributed by atoms with Gasteiger partial charge in [-0.1, -0.05) is 6.58 Å². The van der Waals surface area contributed by atoms with Crippen molar-refractivity contribution in [1.82, 2.24) is 0 Å². The minimum atomic E-state index is -0.685. The first-order chi connectivity index (χ1) is 7.63. The molecule has 3 nitrogen and oxygen atoms in total. The van der Waals surface area contributed by atoms with Crippen molar-refractivity contribution in [2.75, 3.05) is 18.5 Å². The first kappa shape index (κ1) is 12.2. The van der Waals surface area contributed by atoms with Crippen LogP contribution >= 0.6 is 0 Å². The van der Waals surface area contributed by atoms with Crippen LogP contribution in [0.4, 0.5) is 14.5 Å². The number of rotatable bonds is 5. The predicted octanol–water partition coefficient (Wildman–Crippen LogP) is 2.11. The van der Waals surface area contributed by atoms with Crippen molar-refractivity contribution in [3.05, 3.63) is 42.5 Å². The standard InChI is InChI=1S/C11H11F2NO2/c1-2-11(15)16-6-5-14-10-4-3-8(12)7-9(10)13/h2-4,7,14H,1,5-6H2. The minimum Gasteiger partial charge on any atom is -0.461 e. The molecule has 1 aromatic rings. The van der Waals surface area contributed by atoms with Crippen molar-refractivity contribution in [1.29, 1.82) is 0 Å². The fourth-order valence-corrected chi connectivity index (χ4v) is 1.03. The summed E-state index contributed by atoms with van der Waals surface area (Å²) in [5.41, 5.74) is 0.163. The summed E-state index contributed by atoms with van der Waals surface area (Å²) in [7, 11) is 0. The molecule has 0 atom stereocenters. The number of halogens is 2. The Labute approximate surface area is 91.7 Å². The SMILES string of the molecule is C=CC(=O)OCCNc1ccc(F)cc1F. The summed E-state index contributed by atoms with van der Waals surface area (Å²) in [6, 6.07) is 3.19. The normalized spacial score (nSPS) is 9.62. The van der Waals surface area contributed by atoms with Gasteiger partial charge in [-0.3, -0.25) is 0 Å². The lowest BCUT2D eigenvalue weighted by molar-refractivity contribution is -0.137. The number of nitrogens with one attached hydrogen (secondary N) is 1. The monoisotopic (exact) mass is 227 g/mol. The third-order valence-electron chi connectivity index (χ3n) is 1.76. The van der Waals surface area contributed by atoms with Crippen LogP contribution in [0, 0.1) is 11.6 Å². The molecule has 1 rings (SSSR count). The van der Waals surface area contributed by atoms with E-state index < -0.39 is 17.6 Å². The van der Waals surface area contributed by atoms with Gasteiger partial charge in [0.25, 0.3) is 0 Å². The van der Waals surface area contributed by atoms with Gasteiger partial charge in [0.2, 0.25) is 0 Å². The van der Waals surface area contributed by atoms with Gasteiger partial charge in [-0.15, -0.1) is 0 Å². The molecular formula is C11H11F2NO2. The maximum absolute atomic E-state index is 13.1. The quantitative estimate of drug-likeness (QED) is 0.475. The van der Waals surface area contributed by atoms with Crippen LogP contribution in [0.15, 0.2) is 30.9 Å². The maximum Gasteiger partial charge on any atom is 0.330 e. The molecule has 16 heavy (non-hydrogen) atoms. The van der Waals surface area contributed by atoms with E-state index in [4.69, 9.17) is 0 Å². The minimum absolute atomic E-state index is 0.0850. The lowest BCUT2D eigenvalue weighted by Gasteiger charge is -2.07. The maximum atomic E-state index is 13.1. The van der Waals surface area contributed by atoms with Crippen LogP contribution in [0.3, 0.4) is 0 Å². The van der Waals surface area contributed by atoms with Crippen LogP contribution in [-0.2, 0) is 9.53 Å². The van der Waals surface area contributed by atoms with Crippen molar-refractivity contribution in [3.8, 4) is 0 Å².